The number of carbonyl (C=O) groups is 1. The quantitative estimate of drug-likeness (QED) is 0.749. The first-order valence-electron chi connectivity index (χ1n) is 5.15. The highest BCUT2D eigenvalue weighted by Crippen LogP contribution is 2.26. The second-order valence-corrected chi connectivity index (χ2v) is 3.70. The maximum absolute atomic E-state index is 12.4. The van der Waals surface area contributed by atoms with E-state index in [0.29, 0.717) is 21.9 Å². The van der Waals surface area contributed by atoms with Crippen LogP contribution in [0.2, 0.25) is 0 Å². The molecule has 0 bridgehead atoms. The third kappa shape index (κ3) is 1.92. The van der Waals surface area contributed by atoms with Crippen molar-refractivity contribution >= 4 is 16.8 Å². The van der Waals surface area contributed by atoms with Gasteiger partial charge in [0.15, 0.2) is 0 Å². The number of nitrogens with zero attached hydrogens (tertiary/aromatic N) is 1. The number of carbonyl (C=O) groups excluding carboxylic acids is 1. The highest BCUT2D eigenvalue weighted by molar-refractivity contribution is 5.96. The van der Waals surface area contributed by atoms with Crippen molar-refractivity contribution in [3.63, 3.8) is 0 Å². The van der Waals surface area contributed by atoms with E-state index >= 15 is 0 Å². The molecule has 1 aromatic carbocycles. The number of hydrogen-bond acceptors (Lipinski definition) is 1. The lowest BCUT2D eigenvalue weighted by atomic mass is 10.1. The van der Waals surface area contributed by atoms with E-state index in [-0.39, 0.29) is 0 Å². The molecular weight excluding hydrogens is 231 g/mol. The Morgan fingerprint density at radius 1 is 1.29 bits per heavy atom. The summed E-state index contributed by atoms with van der Waals surface area (Å²) in [5.41, 5.74) is 1.03. The van der Waals surface area contributed by atoms with E-state index in [1.54, 1.807) is 18.2 Å². The number of aryl methyl sites for hydroxylation is 1. The molecule has 5 heteroatoms. The summed E-state index contributed by atoms with van der Waals surface area (Å²) in [7, 11) is 0. The van der Waals surface area contributed by atoms with Gasteiger partial charge >= 0.3 is 12.1 Å². The molecule has 0 radical (unpaired) electrons. The molecule has 1 heterocycles. The molecule has 0 aliphatic heterocycles. The van der Waals surface area contributed by atoms with Crippen LogP contribution < -0.4 is 0 Å². The third-order valence-electron chi connectivity index (χ3n) is 2.64. The number of benzene rings is 1. The predicted octanol–water partition coefficient (Wildman–Crippen LogP) is 3.41. The van der Waals surface area contributed by atoms with Crippen molar-refractivity contribution in [2.24, 2.45) is 0 Å². The van der Waals surface area contributed by atoms with Crippen LogP contribution in [0.5, 0.6) is 0 Å². The molecule has 0 N–H and O–H groups in total. The van der Waals surface area contributed by atoms with Gasteiger partial charge in [0.1, 0.15) is 0 Å². The van der Waals surface area contributed by atoms with Crippen LogP contribution in [0.1, 0.15) is 17.3 Å². The molecule has 0 unspecified atom stereocenters. The molecular formula is C12H10F3NO. The molecule has 0 atom stereocenters. The van der Waals surface area contributed by atoms with Crippen molar-refractivity contribution in [3.05, 3.63) is 36.0 Å². The van der Waals surface area contributed by atoms with E-state index in [9.17, 15) is 18.0 Å². The molecule has 2 nitrogen and oxygen atoms in total. The first-order chi connectivity index (χ1) is 7.95. The van der Waals surface area contributed by atoms with Gasteiger partial charge in [-0.2, -0.15) is 13.2 Å². The van der Waals surface area contributed by atoms with Crippen molar-refractivity contribution in [1.29, 1.82) is 0 Å². The van der Waals surface area contributed by atoms with Crippen LogP contribution in [-0.2, 0) is 6.42 Å². The molecule has 0 aliphatic carbocycles. The van der Waals surface area contributed by atoms with E-state index in [1.165, 1.54) is 12.3 Å². The molecule has 1 aromatic heterocycles. The third-order valence-corrected chi connectivity index (χ3v) is 2.64. The van der Waals surface area contributed by atoms with Gasteiger partial charge in [0, 0.05) is 11.6 Å². The van der Waals surface area contributed by atoms with Gasteiger partial charge < -0.3 is 0 Å². The van der Waals surface area contributed by atoms with Gasteiger partial charge in [0.2, 0.25) is 0 Å². The van der Waals surface area contributed by atoms with Crippen LogP contribution in [0.15, 0.2) is 30.5 Å². The zero-order chi connectivity index (χ0) is 12.6. The minimum atomic E-state index is -4.85. The molecule has 0 amide bonds. The van der Waals surface area contributed by atoms with Crippen LogP contribution >= 0.6 is 0 Å². The van der Waals surface area contributed by atoms with E-state index in [1.807, 2.05) is 6.92 Å². The van der Waals surface area contributed by atoms with Crippen LogP contribution in [0, 0.1) is 0 Å². The van der Waals surface area contributed by atoms with Crippen molar-refractivity contribution < 1.29 is 18.0 Å². The van der Waals surface area contributed by atoms with Crippen molar-refractivity contribution in [1.82, 2.24) is 4.57 Å². The highest BCUT2D eigenvalue weighted by Gasteiger charge is 2.40. The lowest BCUT2D eigenvalue weighted by Crippen LogP contribution is -2.28. The molecule has 0 spiro atoms. The standard InChI is InChI=1S/C12H10F3NO/c1-2-8-7-16(11(17)12(13,14)15)10-6-4-3-5-9(8)10/h3-7H,2H2,1H3. The van der Waals surface area contributed by atoms with Crippen molar-refractivity contribution in [2.45, 2.75) is 19.5 Å². The first kappa shape index (κ1) is 11.7. The monoisotopic (exact) mass is 241 g/mol. The summed E-state index contributed by atoms with van der Waals surface area (Å²) in [5, 5.41) is 0.688. The minimum absolute atomic E-state index is 0.298. The fraction of sp³-hybridized carbons (Fsp3) is 0.250. The number of alkyl halides is 3. The highest BCUT2D eigenvalue weighted by atomic mass is 19.4. The van der Waals surface area contributed by atoms with Crippen LogP contribution in [-0.4, -0.2) is 16.7 Å². The van der Waals surface area contributed by atoms with E-state index in [4.69, 9.17) is 0 Å². The van der Waals surface area contributed by atoms with Crippen molar-refractivity contribution in [3.8, 4) is 0 Å². The SMILES string of the molecule is CCc1cn(C(=O)C(F)(F)F)c2ccccc12. The topological polar surface area (TPSA) is 22.0 Å². The fourth-order valence-electron chi connectivity index (χ4n) is 1.84. The number of aromatic nitrogens is 1. The summed E-state index contributed by atoms with van der Waals surface area (Å²) in [6.45, 7) is 1.84. The summed E-state index contributed by atoms with van der Waals surface area (Å²) < 4.78 is 37.9. The Morgan fingerprint density at radius 3 is 2.53 bits per heavy atom. The van der Waals surface area contributed by atoms with E-state index in [0.717, 1.165) is 5.56 Å². The fourth-order valence-corrected chi connectivity index (χ4v) is 1.84. The molecule has 0 aliphatic rings. The Morgan fingerprint density at radius 2 is 1.94 bits per heavy atom. The van der Waals surface area contributed by atoms with Crippen LogP contribution in [0.4, 0.5) is 13.2 Å². The van der Waals surface area contributed by atoms with Gasteiger partial charge in [-0.1, -0.05) is 25.1 Å². The minimum Gasteiger partial charge on any atom is -0.279 e. The molecule has 17 heavy (non-hydrogen) atoms. The van der Waals surface area contributed by atoms with Gasteiger partial charge in [-0.15, -0.1) is 0 Å². The lowest BCUT2D eigenvalue weighted by molar-refractivity contribution is -0.0943. The Hall–Kier alpha value is -1.78. The Labute approximate surface area is 95.7 Å². The van der Waals surface area contributed by atoms with Gasteiger partial charge in [-0.25, -0.2) is 0 Å². The van der Waals surface area contributed by atoms with Crippen LogP contribution in [0.25, 0.3) is 10.9 Å². The smallest absolute Gasteiger partial charge is 0.279 e. The van der Waals surface area contributed by atoms with Gasteiger partial charge in [-0.05, 0) is 18.1 Å². The van der Waals surface area contributed by atoms with Gasteiger partial charge in [0.25, 0.3) is 0 Å². The van der Waals surface area contributed by atoms with E-state index < -0.39 is 12.1 Å². The Kier molecular flexibility index (Phi) is 2.69. The molecule has 90 valence electrons. The predicted molar refractivity (Wildman–Crippen MR) is 58.0 cm³/mol. The van der Waals surface area contributed by atoms with Gasteiger partial charge in [-0.3, -0.25) is 9.36 Å². The largest absolute Gasteiger partial charge is 0.472 e. The van der Waals surface area contributed by atoms with Gasteiger partial charge in [0.05, 0.1) is 5.52 Å². The zero-order valence-electron chi connectivity index (χ0n) is 9.08. The molecule has 0 saturated carbocycles. The maximum Gasteiger partial charge on any atom is 0.472 e. The normalized spacial score (nSPS) is 12.0. The Balaban J connectivity index is 2.67. The molecule has 0 fully saturated rings. The Bertz CT molecular complexity index is 569. The lowest BCUT2D eigenvalue weighted by Gasteiger charge is -2.06. The molecule has 0 saturated heterocycles. The first-order valence-corrected chi connectivity index (χ1v) is 5.15. The summed E-state index contributed by atoms with van der Waals surface area (Å²) >= 11 is 0. The number of hydrogen-bond donors (Lipinski definition) is 0. The molecule has 2 aromatic rings. The summed E-state index contributed by atoms with van der Waals surface area (Å²) in [6, 6.07) is 6.58. The second-order valence-electron chi connectivity index (χ2n) is 3.70. The summed E-state index contributed by atoms with van der Waals surface area (Å²) in [6.07, 6.45) is -3.01. The van der Waals surface area contributed by atoms with Crippen LogP contribution in [0.3, 0.4) is 0 Å². The average Bonchev–Trinajstić information content (AvgIpc) is 2.65. The summed E-state index contributed by atoms with van der Waals surface area (Å²) in [5.74, 6) is -1.85. The number of rotatable bonds is 1. The number of para-hydroxylation sites is 1. The molecule has 2 rings (SSSR count). The number of fused-ring (bicyclic) bond motifs is 1. The average molecular weight is 241 g/mol. The van der Waals surface area contributed by atoms with E-state index in [2.05, 4.69) is 0 Å². The summed E-state index contributed by atoms with van der Waals surface area (Å²) in [4.78, 5) is 11.2. The zero-order valence-corrected chi connectivity index (χ0v) is 9.08. The number of halogens is 3. The maximum atomic E-state index is 12.4. The second kappa shape index (κ2) is 3.91. The van der Waals surface area contributed by atoms with Crippen molar-refractivity contribution in [2.75, 3.05) is 0 Å².